The SMILES string of the molecule is CCOc1ccc(-c2nnc([C@@H]3CCCO[C@H]3c3nccn3C)o2)cn1. The van der Waals surface area contributed by atoms with Crippen LogP contribution in [0.1, 0.15) is 43.5 Å². The van der Waals surface area contributed by atoms with E-state index in [-0.39, 0.29) is 12.0 Å². The van der Waals surface area contributed by atoms with Gasteiger partial charge >= 0.3 is 0 Å². The van der Waals surface area contributed by atoms with Crippen molar-refractivity contribution in [2.24, 2.45) is 7.05 Å². The first-order chi connectivity index (χ1) is 12.8. The van der Waals surface area contributed by atoms with Crippen LogP contribution in [-0.4, -0.2) is 37.9 Å². The Morgan fingerprint density at radius 2 is 2.19 bits per heavy atom. The van der Waals surface area contributed by atoms with Crippen LogP contribution in [0.2, 0.25) is 0 Å². The smallest absolute Gasteiger partial charge is 0.249 e. The standard InChI is InChI=1S/C18H21N5O3/c1-3-24-14-7-6-12(11-20-14)17-21-22-18(26-17)13-5-4-10-25-15(13)16-19-8-9-23(16)2/h6-9,11,13,15H,3-5,10H2,1-2H3/t13-,15-/m1/s1. The molecule has 0 radical (unpaired) electrons. The number of ether oxygens (including phenoxy) is 2. The average molecular weight is 355 g/mol. The molecule has 3 aromatic heterocycles. The van der Waals surface area contributed by atoms with Crippen LogP contribution in [0.25, 0.3) is 11.5 Å². The molecule has 1 aliphatic heterocycles. The van der Waals surface area contributed by atoms with Crippen LogP contribution < -0.4 is 4.74 Å². The van der Waals surface area contributed by atoms with Crippen molar-refractivity contribution in [1.82, 2.24) is 24.7 Å². The van der Waals surface area contributed by atoms with Crippen molar-refractivity contribution in [3.05, 3.63) is 42.4 Å². The second-order valence-corrected chi connectivity index (χ2v) is 6.20. The monoisotopic (exact) mass is 355 g/mol. The lowest BCUT2D eigenvalue weighted by molar-refractivity contribution is -0.0156. The fraction of sp³-hybridized carbons (Fsp3) is 0.444. The normalized spacial score (nSPS) is 20.2. The van der Waals surface area contributed by atoms with Gasteiger partial charge in [-0.2, -0.15) is 0 Å². The first-order valence-electron chi connectivity index (χ1n) is 8.77. The topological polar surface area (TPSA) is 88.1 Å². The van der Waals surface area contributed by atoms with Crippen molar-refractivity contribution in [2.45, 2.75) is 31.8 Å². The van der Waals surface area contributed by atoms with E-state index in [1.165, 1.54) is 0 Å². The van der Waals surface area contributed by atoms with Crippen molar-refractivity contribution < 1.29 is 13.9 Å². The second kappa shape index (κ2) is 7.25. The summed E-state index contributed by atoms with van der Waals surface area (Å²) in [5.74, 6) is 2.45. The van der Waals surface area contributed by atoms with Crippen LogP contribution in [0.3, 0.4) is 0 Å². The van der Waals surface area contributed by atoms with Gasteiger partial charge in [0.15, 0.2) is 0 Å². The Hall–Kier alpha value is -2.74. The molecule has 4 rings (SSSR count). The van der Waals surface area contributed by atoms with Crippen LogP contribution in [0.5, 0.6) is 5.88 Å². The van der Waals surface area contributed by atoms with E-state index in [1.807, 2.05) is 30.8 Å². The third kappa shape index (κ3) is 3.20. The minimum Gasteiger partial charge on any atom is -0.478 e. The molecule has 8 heteroatoms. The Kier molecular flexibility index (Phi) is 4.66. The molecular weight excluding hydrogens is 334 g/mol. The van der Waals surface area contributed by atoms with E-state index in [0.717, 1.165) is 24.2 Å². The van der Waals surface area contributed by atoms with Gasteiger partial charge in [0.25, 0.3) is 0 Å². The zero-order chi connectivity index (χ0) is 17.9. The highest BCUT2D eigenvalue weighted by atomic mass is 16.5. The molecule has 1 saturated heterocycles. The Balaban J connectivity index is 1.58. The molecule has 136 valence electrons. The number of aromatic nitrogens is 5. The molecule has 0 aliphatic carbocycles. The van der Waals surface area contributed by atoms with Gasteiger partial charge in [-0.3, -0.25) is 0 Å². The fourth-order valence-corrected chi connectivity index (χ4v) is 3.18. The van der Waals surface area contributed by atoms with Gasteiger partial charge in [0.1, 0.15) is 11.9 Å². The molecule has 4 heterocycles. The fourth-order valence-electron chi connectivity index (χ4n) is 3.18. The van der Waals surface area contributed by atoms with Gasteiger partial charge < -0.3 is 18.5 Å². The Bertz CT molecular complexity index is 858. The molecule has 1 aliphatic rings. The first-order valence-corrected chi connectivity index (χ1v) is 8.77. The summed E-state index contributed by atoms with van der Waals surface area (Å²) in [5.41, 5.74) is 0.762. The predicted molar refractivity (Wildman–Crippen MR) is 92.6 cm³/mol. The molecule has 0 saturated carbocycles. The van der Waals surface area contributed by atoms with Crippen LogP contribution >= 0.6 is 0 Å². The minimum atomic E-state index is -0.185. The number of nitrogens with zero attached hydrogens (tertiary/aromatic N) is 5. The van der Waals surface area contributed by atoms with Gasteiger partial charge in [0, 0.05) is 38.3 Å². The summed E-state index contributed by atoms with van der Waals surface area (Å²) < 4.78 is 19.3. The van der Waals surface area contributed by atoms with E-state index in [9.17, 15) is 0 Å². The highest BCUT2D eigenvalue weighted by Gasteiger charge is 2.35. The molecule has 0 spiro atoms. The highest BCUT2D eigenvalue weighted by molar-refractivity contribution is 5.51. The van der Waals surface area contributed by atoms with Crippen molar-refractivity contribution >= 4 is 0 Å². The summed E-state index contributed by atoms with van der Waals surface area (Å²) in [4.78, 5) is 8.68. The van der Waals surface area contributed by atoms with Crippen LogP contribution in [0.4, 0.5) is 0 Å². The summed E-state index contributed by atoms with van der Waals surface area (Å²) in [7, 11) is 1.96. The summed E-state index contributed by atoms with van der Waals surface area (Å²) in [5, 5.41) is 8.47. The number of rotatable bonds is 5. The second-order valence-electron chi connectivity index (χ2n) is 6.20. The van der Waals surface area contributed by atoms with Gasteiger partial charge in [0.05, 0.1) is 18.1 Å². The zero-order valence-electron chi connectivity index (χ0n) is 14.8. The molecule has 0 aromatic carbocycles. The van der Waals surface area contributed by atoms with Crippen LogP contribution in [-0.2, 0) is 11.8 Å². The van der Waals surface area contributed by atoms with Gasteiger partial charge in [0.2, 0.25) is 17.7 Å². The number of hydrogen-bond donors (Lipinski definition) is 0. The lowest BCUT2D eigenvalue weighted by atomic mass is 9.93. The van der Waals surface area contributed by atoms with Crippen molar-refractivity contribution in [1.29, 1.82) is 0 Å². The van der Waals surface area contributed by atoms with E-state index in [4.69, 9.17) is 13.9 Å². The van der Waals surface area contributed by atoms with E-state index in [0.29, 0.717) is 30.9 Å². The van der Waals surface area contributed by atoms with Gasteiger partial charge in [-0.25, -0.2) is 9.97 Å². The van der Waals surface area contributed by atoms with E-state index in [1.54, 1.807) is 18.5 Å². The maximum absolute atomic E-state index is 5.99. The molecule has 0 amide bonds. The highest BCUT2D eigenvalue weighted by Crippen LogP contribution is 2.40. The lowest BCUT2D eigenvalue weighted by Gasteiger charge is -2.28. The third-order valence-electron chi connectivity index (χ3n) is 4.47. The Morgan fingerprint density at radius 1 is 1.27 bits per heavy atom. The summed E-state index contributed by atoms with van der Waals surface area (Å²) in [6.07, 6.45) is 7.05. The maximum atomic E-state index is 5.99. The van der Waals surface area contributed by atoms with E-state index >= 15 is 0 Å². The molecule has 1 fully saturated rings. The predicted octanol–water partition coefficient (Wildman–Crippen LogP) is 2.90. The van der Waals surface area contributed by atoms with Crippen molar-refractivity contribution in [3.8, 4) is 17.3 Å². The molecule has 0 bridgehead atoms. The largest absolute Gasteiger partial charge is 0.478 e. The summed E-state index contributed by atoms with van der Waals surface area (Å²) in [6, 6.07) is 3.66. The first kappa shape index (κ1) is 16.7. The van der Waals surface area contributed by atoms with Crippen LogP contribution in [0.15, 0.2) is 35.1 Å². The Labute approximate surface area is 151 Å². The molecule has 3 aromatic rings. The number of imidazole rings is 1. The number of pyridine rings is 1. The Morgan fingerprint density at radius 3 is 2.92 bits per heavy atom. The van der Waals surface area contributed by atoms with Gasteiger partial charge in [-0.15, -0.1) is 10.2 Å². The number of aryl methyl sites for hydroxylation is 1. The van der Waals surface area contributed by atoms with Crippen molar-refractivity contribution in [2.75, 3.05) is 13.2 Å². The van der Waals surface area contributed by atoms with E-state index < -0.39 is 0 Å². The van der Waals surface area contributed by atoms with Gasteiger partial charge in [-0.05, 0) is 25.8 Å². The van der Waals surface area contributed by atoms with E-state index in [2.05, 4.69) is 20.2 Å². The number of hydrogen-bond acceptors (Lipinski definition) is 7. The maximum Gasteiger partial charge on any atom is 0.249 e. The van der Waals surface area contributed by atoms with Crippen molar-refractivity contribution in [3.63, 3.8) is 0 Å². The van der Waals surface area contributed by atoms with Gasteiger partial charge in [-0.1, -0.05) is 0 Å². The molecular formula is C18H21N5O3. The third-order valence-corrected chi connectivity index (χ3v) is 4.47. The van der Waals surface area contributed by atoms with Crippen LogP contribution in [0, 0.1) is 0 Å². The molecule has 2 atom stereocenters. The quantitative estimate of drug-likeness (QED) is 0.695. The zero-order valence-corrected chi connectivity index (χ0v) is 14.8. The lowest BCUT2D eigenvalue weighted by Crippen LogP contribution is -2.23. The summed E-state index contributed by atoms with van der Waals surface area (Å²) >= 11 is 0. The molecule has 8 nitrogen and oxygen atoms in total. The minimum absolute atomic E-state index is 0.0123. The molecule has 26 heavy (non-hydrogen) atoms. The summed E-state index contributed by atoms with van der Waals surface area (Å²) in [6.45, 7) is 3.20. The molecule has 0 unspecified atom stereocenters. The molecule has 0 N–H and O–H groups in total. The average Bonchev–Trinajstić information content (AvgIpc) is 3.32.